The summed E-state index contributed by atoms with van der Waals surface area (Å²) in [7, 11) is 0. The molecule has 2 heteroatoms. The number of benzene rings is 2. The second-order valence-corrected chi connectivity index (χ2v) is 6.30. The molecule has 3 rings (SSSR count). The molecule has 2 aromatic rings. The lowest BCUT2D eigenvalue weighted by Gasteiger charge is -2.16. The van der Waals surface area contributed by atoms with Crippen LogP contribution in [0.25, 0.3) is 0 Å². The Bertz CT molecular complexity index is 646. The fourth-order valence-corrected chi connectivity index (χ4v) is 2.88. The van der Waals surface area contributed by atoms with Crippen molar-refractivity contribution >= 4 is 0 Å². The van der Waals surface area contributed by atoms with Gasteiger partial charge in [-0.25, -0.2) is 0 Å². The largest absolute Gasteiger partial charge is 0.487 e. The third-order valence-corrected chi connectivity index (χ3v) is 3.85. The maximum atomic E-state index is 6.41. The Morgan fingerprint density at radius 3 is 2.60 bits per heavy atom. The number of fused-ring (bicyclic) bond motifs is 1. The van der Waals surface area contributed by atoms with Gasteiger partial charge in [-0.3, -0.25) is 0 Å². The van der Waals surface area contributed by atoms with Gasteiger partial charge in [-0.15, -0.1) is 0 Å². The SMILES string of the molecule is Cc1cccc(C(N)c2ccc3c(c2)CC(C)(C)O3)c1. The van der Waals surface area contributed by atoms with Crippen molar-refractivity contribution in [1.82, 2.24) is 0 Å². The van der Waals surface area contributed by atoms with E-state index in [1.807, 2.05) is 0 Å². The van der Waals surface area contributed by atoms with Crippen LogP contribution in [0.15, 0.2) is 42.5 Å². The van der Waals surface area contributed by atoms with Gasteiger partial charge in [0.25, 0.3) is 0 Å². The van der Waals surface area contributed by atoms with Gasteiger partial charge in [-0.05, 0) is 43.5 Å². The Hall–Kier alpha value is -1.80. The highest BCUT2D eigenvalue weighted by atomic mass is 16.5. The summed E-state index contributed by atoms with van der Waals surface area (Å²) in [6, 6.07) is 14.6. The van der Waals surface area contributed by atoms with Crippen LogP contribution in [-0.4, -0.2) is 5.60 Å². The van der Waals surface area contributed by atoms with E-state index >= 15 is 0 Å². The lowest BCUT2D eigenvalue weighted by atomic mass is 9.94. The van der Waals surface area contributed by atoms with E-state index in [0.717, 1.165) is 23.3 Å². The number of rotatable bonds is 2. The van der Waals surface area contributed by atoms with Crippen LogP contribution in [0.1, 0.15) is 42.1 Å². The van der Waals surface area contributed by atoms with Crippen LogP contribution >= 0.6 is 0 Å². The number of ether oxygens (including phenoxy) is 1. The molecule has 1 unspecified atom stereocenters. The lowest BCUT2D eigenvalue weighted by Crippen LogP contribution is -2.24. The zero-order chi connectivity index (χ0) is 14.3. The van der Waals surface area contributed by atoms with Gasteiger partial charge in [0, 0.05) is 6.42 Å². The quantitative estimate of drug-likeness (QED) is 0.899. The summed E-state index contributed by atoms with van der Waals surface area (Å²) in [6.45, 7) is 6.33. The molecule has 0 saturated carbocycles. The van der Waals surface area contributed by atoms with Gasteiger partial charge < -0.3 is 10.5 Å². The molecular formula is C18H21NO. The molecule has 0 radical (unpaired) electrons. The average molecular weight is 267 g/mol. The van der Waals surface area contributed by atoms with Crippen molar-refractivity contribution in [2.24, 2.45) is 5.73 Å². The Labute approximate surface area is 120 Å². The van der Waals surface area contributed by atoms with Gasteiger partial charge in [0.2, 0.25) is 0 Å². The molecule has 104 valence electrons. The van der Waals surface area contributed by atoms with Crippen molar-refractivity contribution < 1.29 is 4.74 Å². The zero-order valence-electron chi connectivity index (χ0n) is 12.3. The molecule has 1 aliphatic rings. The Morgan fingerprint density at radius 2 is 1.85 bits per heavy atom. The molecule has 1 aliphatic heterocycles. The topological polar surface area (TPSA) is 35.2 Å². The Morgan fingerprint density at radius 1 is 1.10 bits per heavy atom. The van der Waals surface area contributed by atoms with Gasteiger partial charge >= 0.3 is 0 Å². The van der Waals surface area contributed by atoms with Crippen LogP contribution in [0.3, 0.4) is 0 Å². The first kappa shape index (κ1) is 13.2. The molecule has 0 saturated heterocycles. The highest BCUT2D eigenvalue weighted by Gasteiger charge is 2.30. The van der Waals surface area contributed by atoms with E-state index in [1.165, 1.54) is 11.1 Å². The van der Waals surface area contributed by atoms with Crippen LogP contribution in [0.5, 0.6) is 5.75 Å². The lowest BCUT2D eigenvalue weighted by molar-refractivity contribution is 0.138. The molecule has 0 fully saturated rings. The van der Waals surface area contributed by atoms with Gasteiger partial charge in [0.1, 0.15) is 11.4 Å². The van der Waals surface area contributed by atoms with E-state index in [4.69, 9.17) is 10.5 Å². The van der Waals surface area contributed by atoms with Gasteiger partial charge in [0.05, 0.1) is 6.04 Å². The van der Waals surface area contributed by atoms with Crippen molar-refractivity contribution in [3.05, 3.63) is 64.7 Å². The van der Waals surface area contributed by atoms with Crippen LogP contribution in [0.4, 0.5) is 0 Å². The molecule has 2 aromatic carbocycles. The first-order chi connectivity index (χ1) is 9.44. The predicted octanol–water partition coefficient (Wildman–Crippen LogP) is 3.76. The molecule has 2 N–H and O–H groups in total. The summed E-state index contributed by atoms with van der Waals surface area (Å²) < 4.78 is 5.91. The molecule has 1 heterocycles. The normalized spacial score (nSPS) is 17.4. The van der Waals surface area contributed by atoms with E-state index in [-0.39, 0.29) is 11.6 Å². The minimum atomic E-state index is -0.103. The van der Waals surface area contributed by atoms with Gasteiger partial charge in [-0.2, -0.15) is 0 Å². The van der Waals surface area contributed by atoms with Gasteiger partial charge in [0.15, 0.2) is 0 Å². The van der Waals surface area contributed by atoms with E-state index in [0.29, 0.717) is 0 Å². The monoisotopic (exact) mass is 267 g/mol. The minimum Gasteiger partial charge on any atom is -0.487 e. The van der Waals surface area contributed by atoms with Crippen molar-refractivity contribution in [2.75, 3.05) is 0 Å². The van der Waals surface area contributed by atoms with Crippen LogP contribution in [-0.2, 0) is 6.42 Å². The van der Waals surface area contributed by atoms with Crippen molar-refractivity contribution in [1.29, 1.82) is 0 Å². The van der Waals surface area contributed by atoms with E-state index < -0.39 is 0 Å². The van der Waals surface area contributed by atoms with Crippen LogP contribution in [0, 0.1) is 6.92 Å². The highest BCUT2D eigenvalue weighted by Crippen LogP contribution is 2.36. The average Bonchev–Trinajstić information content (AvgIpc) is 2.70. The smallest absolute Gasteiger partial charge is 0.123 e. The number of aryl methyl sites for hydroxylation is 1. The first-order valence-electron chi connectivity index (χ1n) is 7.09. The predicted molar refractivity (Wildman–Crippen MR) is 82.1 cm³/mol. The summed E-state index contributed by atoms with van der Waals surface area (Å²) in [5.74, 6) is 0.996. The molecule has 0 spiro atoms. The molecule has 20 heavy (non-hydrogen) atoms. The van der Waals surface area contributed by atoms with E-state index in [9.17, 15) is 0 Å². The van der Waals surface area contributed by atoms with E-state index in [2.05, 4.69) is 63.2 Å². The third-order valence-electron chi connectivity index (χ3n) is 3.85. The summed E-state index contributed by atoms with van der Waals surface area (Å²) >= 11 is 0. The summed E-state index contributed by atoms with van der Waals surface area (Å²) in [4.78, 5) is 0. The molecule has 0 amide bonds. The summed E-state index contributed by atoms with van der Waals surface area (Å²) in [5, 5.41) is 0. The maximum absolute atomic E-state index is 6.41. The summed E-state index contributed by atoms with van der Waals surface area (Å²) in [5.41, 5.74) is 11.1. The number of nitrogens with two attached hydrogens (primary N) is 1. The molecule has 0 aliphatic carbocycles. The molecule has 2 nitrogen and oxygen atoms in total. The standard InChI is InChI=1S/C18H21NO/c1-12-5-4-6-13(9-12)17(19)14-7-8-16-15(10-14)11-18(2,3)20-16/h4-10,17H,11,19H2,1-3H3. The first-order valence-corrected chi connectivity index (χ1v) is 7.09. The maximum Gasteiger partial charge on any atom is 0.123 e. The van der Waals surface area contributed by atoms with E-state index in [1.54, 1.807) is 0 Å². The molecule has 0 bridgehead atoms. The van der Waals surface area contributed by atoms with Crippen molar-refractivity contribution in [3.8, 4) is 5.75 Å². The van der Waals surface area contributed by atoms with Crippen molar-refractivity contribution in [3.63, 3.8) is 0 Å². The fourth-order valence-electron chi connectivity index (χ4n) is 2.88. The third kappa shape index (κ3) is 2.44. The number of hydrogen-bond donors (Lipinski definition) is 1. The highest BCUT2D eigenvalue weighted by molar-refractivity contribution is 5.44. The molecular weight excluding hydrogens is 246 g/mol. The number of hydrogen-bond acceptors (Lipinski definition) is 2. The van der Waals surface area contributed by atoms with Crippen molar-refractivity contribution in [2.45, 2.75) is 38.8 Å². The van der Waals surface area contributed by atoms with Gasteiger partial charge in [-0.1, -0.05) is 42.0 Å². The zero-order valence-corrected chi connectivity index (χ0v) is 12.3. The second kappa shape index (κ2) is 4.64. The minimum absolute atomic E-state index is 0.0797. The molecule has 1 atom stereocenters. The van der Waals surface area contributed by atoms with Crippen LogP contribution < -0.4 is 10.5 Å². The fraction of sp³-hybridized carbons (Fsp3) is 0.333. The Balaban J connectivity index is 1.93. The van der Waals surface area contributed by atoms with Crippen LogP contribution in [0.2, 0.25) is 0 Å². The second-order valence-electron chi connectivity index (χ2n) is 6.30. The molecule has 0 aromatic heterocycles. The Kier molecular flexibility index (Phi) is 3.06. The summed E-state index contributed by atoms with van der Waals surface area (Å²) in [6.07, 6.45) is 0.941.